The van der Waals surface area contributed by atoms with E-state index in [2.05, 4.69) is 24.6 Å². The number of ether oxygens (including phenoxy) is 2. The number of hydrogen-bond acceptors (Lipinski definition) is 4. The number of nitrogens with zero attached hydrogens (tertiary/aromatic N) is 2. The predicted octanol–water partition coefficient (Wildman–Crippen LogP) is 6.02. The van der Waals surface area contributed by atoms with Crippen molar-refractivity contribution in [2.45, 2.75) is 32.4 Å². The molecule has 7 nitrogen and oxygen atoms in total. The molecule has 0 unspecified atom stereocenters. The topological polar surface area (TPSA) is 85.6 Å². The molecule has 2 heterocycles. The number of rotatable bonds is 8. The first-order chi connectivity index (χ1) is 14.1. The van der Waals surface area contributed by atoms with Gasteiger partial charge in [-0.05, 0) is 24.2 Å². The molecule has 160 valence electrons. The minimum Gasteiger partial charge on any atom is -0.465 e. The summed E-state index contributed by atoms with van der Waals surface area (Å²) in [4.78, 5) is 15.1. The fourth-order valence-corrected chi connectivity index (χ4v) is 3.82. The van der Waals surface area contributed by atoms with E-state index < -0.39 is 20.0 Å². The van der Waals surface area contributed by atoms with Crippen molar-refractivity contribution in [1.82, 2.24) is 9.55 Å². The summed E-state index contributed by atoms with van der Waals surface area (Å²) in [6, 6.07) is 6.54. The quantitative estimate of drug-likeness (QED) is 0.323. The molecule has 0 spiro atoms. The Morgan fingerprint density at radius 1 is 1.33 bits per heavy atom. The smallest absolute Gasteiger partial charge is 0.409 e. The Kier molecular flexibility index (Phi) is 6.64. The van der Waals surface area contributed by atoms with Crippen LogP contribution in [0.4, 0.5) is 14.9 Å². The summed E-state index contributed by atoms with van der Waals surface area (Å²) in [5, 5.41) is 11.7. The number of carbonyl (C=O) groups is 1. The highest BCUT2D eigenvalue weighted by atomic mass is 35.5. The van der Waals surface area contributed by atoms with Crippen LogP contribution in [0.25, 0.3) is 11.0 Å². The molecule has 1 aromatic carbocycles. The summed E-state index contributed by atoms with van der Waals surface area (Å²) in [5.41, 5.74) is 0.435. The van der Waals surface area contributed by atoms with Gasteiger partial charge in [-0.15, -0.1) is 0 Å². The van der Waals surface area contributed by atoms with Gasteiger partial charge in [0.05, 0.1) is 16.1 Å². The van der Waals surface area contributed by atoms with Crippen molar-refractivity contribution in [2.24, 2.45) is 0 Å². The number of nitrogens with one attached hydrogen (secondary N) is 1. The first-order valence-corrected chi connectivity index (χ1v) is 13.4. The molecule has 30 heavy (non-hydrogen) atoms. The fraction of sp³-hybridized carbons (Fsp3) is 0.300. The van der Waals surface area contributed by atoms with Crippen molar-refractivity contribution in [1.29, 1.82) is 0 Å². The molecular formula is C20H23ClFN3O4Si. The standard InChI is InChI=1S/C20H23ClFN3O4Si/c1-30(2,3)9-8-28-12-25-11-14(21)18-17(6-7-23-19(18)25)29-13-4-5-16(15(22)10-13)24-20(26)27/h4-7,10-11,24H,8-9,12H2,1-3H3,(H,26,27). The Morgan fingerprint density at radius 3 is 2.77 bits per heavy atom. The number of anilines is 1. The lowest BCUT2D eigenvalue weighted by molar-refractivity contribution is 0.0899. The van der Waals surface area contributed by atoms with Gasteiger partial charge in [-0.25, -0.2) is 14.2 Å². The second-order valence-corrected chi connectivity index (χ2v) is 14.0. The zero-order chi connectivity index (χ0) is 21.9. The zero-order valence-corrected chi connectivity index (χ0v) is 18.7. The molecule has 0 aliphatic rings. The lowest BCUT2D eigenvalue weighted by Gasteiger charge is -2.15. The third-order valence-corrected chi connectivity index (χ3v) is 6.30. The number of hydrogen-bond donors (Lipinski definition) is 2. The Labute approximate surface area is 179 Å². The van der Waals surface area contributed by atoms with Crippen molar-refractivity contribution < 1.29 is 23.8 Å². The van der Waals surface area contributed by atoms with Crippen LogP contribution < -0.4 is 10.1 Å². The van der Waals surface area contributed by atoms with Crippen LogP contribution in [0.5, 0.6) is 11.5 Å². The van der Waals surface area contributed by atoms with E-state index in [-0.39, 0.29) is 11.4 Å². The van der Waals surface area contributed by atoms with Gasteiger partial charge in [0.1, 0.15) is 23.9 Å². The molecular weight excluding hydrogens is 429 g/mol. The number of pyridine rings is 1. The van der Waals surface area contributed by atoms with E-state index in [1.54, 1.807) is 23.0 Å². The summed E-state index contributed by atoms with van der Waals surface area (Å²) in [6.45, 7) is 7.84. The number of halogens is 2. The molecule has 10 heteroatoms. The van der Waals surface area contributed by atoms with Gasteiger partial charge in [0, 0.05) is 33.1 Å². The van der Waals surface area contributed by atoms with Crippen LogP contribution in [0, 0.1) is 5.82 Å². The van der Waals surface area contributed by atoms with Crippen LogP contribution in [0.2, 0.25) is 30.7 Å². The third-order valence-electron chi connectivity index (χ3n) is 4.31. The highest BCUT2D eigenvalue weighted by Gasteiger charge is 2.16. The number of benzene rings is 1. The van der Waals surface area contributed by atoms with E-state index in [0.717, 1.165) is 12.1 Å². The van der Waals surface area contributed by atoms with Crippen LogP contribution >= 0.6 is 11.6 Å². The van der Waals surface area contributed by atoms with E-state index in [9.17, 15) is 9.18 Å². The fourth-order valence-electron chi connectivity index (χ4n) is 2.77. The van der Waals surface area contributed by atoms with E-state index in [0.29, 0.717) is 35.1 Å². The van der Waals surface area contributed by atoms with Gasteiger partial charge in [-0.1, -0.05) is 31.2 Å². The molecule has 0 aliphatic carbocycles. The van der Waals surface area contributed by atoms with Gasteiger partial charge in [0.25, 0.3) is 0 Å². The monoisotopic (exact) mass is 451 g/mol. The van der Waals surface area contributed by atoms with Crippen LogP contribution in [-0.2, 0) is 11.5 Å². The maximum atomic E-state index is 14.1. The van der Waals surface area contributed by atoms with Crippen molar-refractivity contribution in [3.8, 4) is 11.5 Å². The molecule has 0 fully saturated rings. The minimum atomic E-state index is -1.35. The SMILES string of the molecule is C[Si](C)(C)CCOCn1cc(Cl)c2c(Oc3ccc(NC(=O)O)c(F)c3)ccnc21. The second-order valence-electron chi connectivity index (χ2n) is 7.98. The number of carboxylic acid groups (broad SMARTS) is 1. The number of amides is 1. The summed E-state index contributed by atoms with van der Waals surface area (Å²) >= 11 is 6.41. The minimum absolute atomic E-state index is 0.158. The Bertz CT molecular complexity index is 1070. The number of aromatic nitrogens is 2. The van der Waals surface area contributed by atoms with Gasteiger partial charge >= 0.3 is 6.09 Å². The largest absolute Gasteiger partial charge is 0.465 e. The summed E-state index contributed by atoms with van der Waals surface area (Å²) in [6.07, 6.45) is 1.95. The van der Waals surface area contributed by atoms with E-state index in [4.69, 9.17) is 26.2 Å². The molecule has 2 aromatic heterocycles. The Balaban J connectivity index is 1.80. The highest BCUT2D eigenvalue weighted by Crippen LogP contribution is 2.36. The molecule has 0 saturated carbocycles. The molecule has 1 amide bonds. The van der Waals surface area contributed by atoms with Gasteiger partial charge in [0.2, 0.25) is 0 Å². The third kappa shape index (κ3) is 5.50. The van der Waals surface area contributed by atoms with Crippen molar-refractivity contribution in [3.63, 3.8) is 0 Å². The van der Waals surface area contributed by atoms with Gasteiger partial charge in [-0.3, -0.25) is 5.32 Å². The van der Waals surface area contributed by atoms with E-state index in [1.165, 1.54) is 12.1 Å². The van der Waals surface area contributed by atoms with Gasteiger partial charge < -0.3 is 19.1 Å². The first-order valence-electron chi connectivity index (χ1n) is 9.32. The maximum absolute atomic E-state index is 14.1. The van der Waals surface area contributed by atoms with Crippen LogP contribution in [-0.4, -0.2) is 35.4 Å². The van der Waals surface area contributed by atoms with Gasteiger partial charge in [-0.2, -0.15) is 0 Å². The van der Waals surface area contributed by atoms with Crippen molar-refractivity contribution >= 4 is 42.5 Å². The average molecular weight is 452 g/mol. The molecule has 0 bridgehead atoms. The van der Waals surface area contributed by atoms with Crippen LogP contribution in [0.15, 0.2) is 36.7 Å². The first kappa shape index (κ1) is 22.1. The number of fused-ring (bicyclic) bond motifs is 1. The normalized spacial score (nSPS) is 11.6. The Morgan fingerprint density at radius 2 is 2.10 bits per heavy atom. The second kappa shape index (κ2) is 9.03. The molecule has 3 aromatic rings. The summed E-state index contributed by atoms with van der Waals surface area (Å²) in [7, 11) is -1.18. The van der Waals surface area contributed by atoms with Crippen molar-refractivity contribution in [3.05, 3.63) is 47.5 Å². The van der Waals surface area contributed by atoms with E-state index in [1.807, 2.05) is 5.32 Å². The summed E-state index contributed by atoms with van der Waals surface area (Å²) in [5.74, 6) is -0.144. The maximum Gasteiger partial charge on any atom is 0.409 e. The highest BCUT2D eigenvalue weighted by molar-refractivity contribution is 6.76. The van der Waals surface area contributed by atoms with Crippen LogP contribution in [0.1, 0.15) is 0 Å². The van der Waals surface area contributed by atoms with E-state index >= 15 is 0 Å². The zero-order valence-electron chi connectivity index (χ0n) is 16.9. The van der Waals surface area contributed by atoms with Crippen molar-refractivity contribution in [2.75, 3.05) is 11.9 Å². The average Bonchev–Trinajstić information content (AvgIpc) is 2.97. The van der Waals surface area contributed by atoms with Crippen LogP contribution in [0.3, 0.4) is 0 Å². The predicted molar refractivity (Wildman–Crippen MR) is 117 cm³/mol. The van der Waals surface area contributed by atoms with Gasteiger partial charge in [0.15, 0.2) is 5.82 Å². The Hall–Kier alpha value is -2.62. The molecule has 2 N–H and O–H groups in total. The lowest BCUT2D eigenvalue weighted by Crippen LogP contribution is -2.22. The molecule has 0 aliphatic heterocycles. The molecule has 0 atom stereocenters. The lowest BCUT2D eigenvalue weighted by atomic mass is 10.2. The summed E-state index contributed by atoms with van der Waals surface area (Å²) < 4.78 is 27.5. The molecule has 0 saturated heterocycles. The molecule has 3 rings (SSSR count). The molecule has 0 radical (unpaired) electrons.